The van der Waals surface area contributed by atoms with Crippen LogP contribution in [0.5, 0.6) is 0 Å². The Hall–Kier alpha value is -0.290. The minimum Gasteiger partial charge on any atom is -0.396 e. The normalized spacial score (nSPS) is 26.5. The minimum absolute atomic E-state index is 0.0523. The first-order valence-corrected chi connectivity index (χ1v) is 7.35. The molecule has 0 aromatic rings. The van der Waals surface area contributed by atoms with Crippen LogP contribution in [0.4, 0.5) is 13.2 Å². The van der Waals surface area contributed by atoms with Crippen molar-refractivity contribution in [3.63, 3.8) is 0 Å². The molecule has 2 fully saturated rings. The fourth-order valence-corrected chi connectivity index (χ4v) is 3.56. The second-order valence-electron chi connectivity index (χ2n) is 6.31. The molecule has 19 heavy (non-hydrogen) atoms. The standard InChI is InChI=1S/C14H24F3NO/c15-14(16,17)12-4-8-18(9-5-12)10-13(11-19)6-2-1-3-7-13/h12,19H,1-11H2. The van der Waals surface area contributed by atoms with Gasteiger partial charge in [-0.05, 0) is 38.8 Å². The van der Waals surface area contributed by atoms with Gasteiger partial charge in [-0.2, -0.15) is 13.2 Å². The van der Waals surface area contributed by atoms with Crippen molar-refractivity contribution in [1.82, 2.24) is 4.90 Å². The van der Waals surface area contributed by atoms with E-state index in [4.69, 9.17) is 0 Å². The predicted molar refractivity (Wildman–Crippen MR) is 67.8 cm³/mol. The number of aliphatic hydroxyl groups excluding tert-OH is 1. The lowest BCUT2D eigenvalue weighted by Gasteiger charge is -2.42. The number of piperidine rings is 1. The Kier molecular flexibility index (Phi) is 4.77. The number of rotatable bonds is 3. The average Bonchev–Trinajstić information content (AvgIpc) is 2.39. The van der Waals surface area contributed by atoms with Crippen LogP contribution in [0.25, 0.3) is 0 Å². The molecular weight excluding hydrogens is 255 g/mol. The first-order valence-electron chi connectivity index (χ1n) is 7.35. The van der Waals surface area contributed by atoms with Crippen LogP contribution in [0.1, 0.15) is 44.9 Å². The summed E-state index contributed by atoms with van der Waals surface area (Å²) in [5.41, 5.74) is -0.0523. The van der Waals surface area contributed by atoms with Gasteiger partial charge in [0.25, 0.3) is 0 Å². The Bertz CT molecular complexity index is 279. The second-order valence-corrected chi connectivity index (χ2v) is 6.31. The van der Waals surface area contributed by atoms with Crippen LogP contribution in [0, 0.1) is 11.3 Å². The van der Waals surface area contributed by atoms with E-state index in [-0.39, 0.29) is 24.9 Å². The molecule has 0 spiro atoms. The number of nitrogens with zero attached hydrogens (tertiary/aromatic N) is 1. The molecule has 1 saturated heterocycles. The molecule has 0 radical (unpaired) electrons. The number of hydrogen-bond acceptors (Lipinski definition) is 2. The highest BCUT2D eigenvalue weighted by molar-refractivity contribution is 4.87. The van der Waals surface area contributed by atoms with Crippen LogP contribution < -0.4 is 0 Å². The lowest BCUT2D eigenvalue weighted by molar-refractivity contribution is -0.186. The minimum atomic E-state index is -4.04. The first kappa shape index (κ1) is 15.1. The van der Waals surface area contributed by atoms with Crippen LogP contribution in [0.15, 0.2) is 0 Å². The summed E-state index contributed by atoms with van der Waals surface area (Å²) < 4.78 is 37.8. The van der Waals surface area contributed by atoms with E-state index in [0.29, 0.717) is 13.1 Å². The number of alkyl halides is 3. The summed E-state index contributed by atoms with van der Waals surface area (Å²) in [5, 5.41) is 9.65. The Balaban J connectivity index is 1.84. The molecule has 2 rings (SSSR count). The van der Waals surface area contributed by atoms with Gasteiger partial charge >= 0.3 is 6.18 Å². The molecule has 2 aliphatic rings. The van der Waals surface area contributed by atoms with Crippen molar-refractivity contribution >= 4 is 0 Å². The van der Waals surface area contributed by atoms with Crippen LogP contribution in [-0.4, -0.2) is 42.4 Å². The zero-order chi connectivity index (χ0) is 13.9. The summed E-state index contributed by atoms with van der Waals surface area (Å²) in [6.07, 6.45) is 1.92. The first-order chi connectivity index (χ1) is 8.95. The van der Waals surface area contributed by atoms with E-state index in [0.717, 1.165) is 32.2 Å². The predicted octanol–water partition coefficient (Wildman–Crippen LogP) is 3.20. The van der Waals surface area contributed by atoms with Gasteiger partial charge in [0, 0.05) is 18.6 Å². The van der Waals surface area contributed by atoms with Gasteiger partial charge in [0.1, 0.15) is 0 Å². The molecule has 112 valence electrons. The van der Waals surface area contributed by atoms with Gasteiger partial charge in [0.05, 0.1) is 5.92 Å². The lowest BCUT2D eigenvalue weighted by Crippen LogP contribution is -2.46. The zero-order valence-electron chi connectivity index (χ0n) is 11.4. The van der Waals surface area contributed by atoms with Gasteiger partial charge in [-0.3, -0.25) is 0 Å². The third kappa shape index (κ3) is 3.85. The molecular formula is C14H24F3NO. The number of aliphatic hydroxyl groups is 1. The molecule has 0 amide bonds. The number of halogens is 3. The highest BCUT2D eigenvalue weighted by Crippen LogP contribution is 2.39. The molecule has 1 aliphatic carbocycles. The molecule has 0 atom stereocenters. The maximum absolute atomic E-state index is 12.6. The number of likely N-dealkylation sites (tertiary alicyclic amines) is 1. The van der Waals surface area contributed by atoms with E-state index < -0.39 is 12.1 Å². The summed E-state index contributed by atoms with van der Waals surface area (Å²) in [6, 6.07) is 0. The third-order valence-electron chi connectivity index (χ3n) is 4.86. The molecule has 0 bridgehead atoms. The van der Waals surface area contributed by atoms with E-state index in [2.05, 4.69) is 4.90 Å². The average molecular weight is 279 g/mol. The molecule has 1 N–H and O–H groups in total. The lowest BCUT2D eigenvalue weighted by atomic mass is 9.74. The van der Waals surface area contributed by atoms with Crippen molar-refractivity contribution in [3.05, 3.63) is 0 Å². The number of hydrogen-bond donors (Lipinski definition) is 1. The topological polar surface area (TPSA) is 23.5 Å². The van der Waals surface area contributed by atoms with E-state index in [9.17, 15) is 18.3 Å². The maximum atomic E-state index is 12.6. The zero-order valence-corrected chi connectivity index (χ0v) is 11.4. The molecule has 1 aliphatic heterocycles. The molecule has 0 unspecified atom stereocenters. The van der Waals surface area contributed by atoms with Crippen molar-refractivity contribution in [2.45, 2.75) is 51.1 Å². The van der Waals surface area contributed by atoms with Gasteiger partial charge in [-0.15, -0.1) is 0 Å². The van der Waals surface area contributed by atoms with Gasteiger partial charge < -0.3 is 10.0 Å². The molecule has 2 nitrogen and oxygen atoms in total. The van der Waals surface area contributed by atoms with Crippen LogP contribution in [-0.2, 0) is 0 Å². The Morgan fingerprint density at radius 3 is 2.11 bits per heavy atom. The SMILES string of the molecule is OCC1(CN2CCC(C(F)(F)F)CC2)CCCCC1. The third-order valence-corrected chi connectivity index (χ3v) is 4.86. The van der Waals surface area contributed by atoms with E-state index in [1.165, 1.54) is 6.42 Å². The van der Waals surface area contributed by atoms with Gasteiger partial charge in [-0.25, -0.2) is 0 Å². The molecule has 5 heteroatoms. The summed E-state index contributed by atoms with van der Waals surface area (Å²) >= 11 is 0. The largest absolute Gasteiger partial charge is 0.396 e. The van der Waals surface area contributed by atoms with Crippen LogP contribution >= 0.6 is 0 Å². The van der Waals surface area contributed by atoms with Crippen molar-refractivity contribution < 1.29 is 18.3 Å². The summed E-state index contributed by atoms with van der Waals surface area (Å²) in [7, 11) is 0. The Labute approximate surface area is 113 Å². The molecule has 0 aromatic heterocycles. The van der Waals surface area contributed by atoms with E-state index >= 15 is 0 Å². The fraction of sp³-hybridized carbons (Fsp3) is 1.00. The van der Waals surface area contributed by atoms with E-state index in [1.807, 2.05) is 0 Å². The van der Waals surface area contributed by atoms with Gasteiger partial charge in [0.2, 0.25) is 0 Å². The summed E-state index contributed by atoms with van der Waals surface area (Å²) in [4.78, 5) is 2.13. The second kappa shape index (κ2) is 6.00. The maximum Gasteiger partial charge on any atom is 0.391 e. The van der Waals surface area contributed by atoms with Crippen LogP contribution in [0.2, 0.25) is 0 Å². The van der Waals surface area contributed by atoms with Gasteiger partial charge in [0.15, 0.2) is 0 Å². The molecule has 1 heterocycles. The van der Waals surface area contributed by atoms with Crippen LogP contribution in [0.3, 0.4) is 0 Å². The monoisotopic (exact) mass is 279 g/mol. The van der Waals surface area contributed by atoms with Crippen molar-refractivity contribution in [1.29, 1.82) is 0 Å². The highest BCUT2D eigenvalue weighted by atomic mass is 19.4. The van der Waals surface area contributed by atoms with Crippen molar-refractivity contribution in [2.24, 2.45) is 11.3 Å². The molecule has 0 aromatic carbocycles. The molecule has 1 saturated carbocycles. The fourth-order valence-electron chi connectivity index (χ4n) is 3.56. The smallest absolute Gasteiger partial charge is 0.391 e. The Morgan fingerprint density at radius 2 is 1.63 bits per heavy atom. The van der Waals surface area contributed by atoms with Crippen molar-refractivity contribution in [2.75, 3.05) is 26.2 Å². The highest BCUT2D eigenvalue weighted by Gasteiger charge is 2.42. The summed E-state index contributed by atoms with van der Waals surface area (Å²) in [5.74, 6) is -1.12. The quantitative estimate of drug-likeness (QED) is 0.857. The van der Waals surface area contributed by atoms with E-state index in [1.54, 1.807) is 0 Å². The Morgan fingerprint density at radius 1 is 1.05 bits per heavy atom. The summed E-state index contributed by atoms with van der Waals surface area (Å²) in [6.45, 7) is 1.98. The van der Waals surface area contributed by atoms with Crippen molar-refractivity contribution in [3.8, 4) is 0 Å². The van der Waals surface area contributed by atoms with Gasteiger partial charge in [-0.1, -0.05) is 19.3 Å².